The van der Waals surface area contributed by atoms with Crippen molar-refractivity contribution in [2.45, 2.75) is 32.9 Å². The van der Waals surface area contributed by atoms with Crippen LogP contribution in [0.4, 0.5) is 0 Å². The van der Waals surface area contributed by atoms with Gasteiger partial charge in [-0.2, -0.15) is 0 Å². The van der Waals surface area contributed by atoms with Gasteiger partial charge in [0.2, 0.25) is 5.91 Å². The molecule has 0 atom stereocenters. The summed E-state index contributed by atoms with van der Waals surface area (Å²) >= 11 is 0. The van der Waals surface area contributed by atoms with Gasteiger partial charge in [0.25, 0.3) is 5.56 Å². The lowest BCUT2D eigenvalue weighted by Gasteiger charge is -2.09. The number of amides is 1. The summed E-state index contributed by atoms with van der Waals surface area (Å²) in [6, 6.07) is 1.26. The summed E-state index contributed by atoms with van der Waals surface area (Å²) in [6.45, 7) is 2.87. The second-order valence-corrected chi connectivity index (χ2v) is 4.21. The van der Waals surface area contributed by atoms with Crippen LogP contribution >= 0.6 is 0 Å². The van der Waals surface area contributed by atoms with E-state index in [9.17, 15) is 14.4 Å². The number of nitrogens with zero attached hydrogens (tertiary/aromatic N) is 2. The minimum atomic E-state index is -0.511. The van der Waals surface area contributed by atoms with Crippen LogP contribution < -0.4 is 22.3 Å². The molecule has 0 aromatic carbocycles. The van der Waals surface area contributed by atoms with E-state index >= 15 is 0 Å². The SMILES string of the molecule is CCCCNC(=O)Cn1ccc(=O)n(CCN)c1=O. The van der Waals surface area contributed by atoms with E-state index in [1.807, 2.05) is 6.92 Å². The normalized spacial score (nSPS) is 10.4. The number of carbonyl (C=O) groups excluding carboxylic acids is 1. The Morgan fingerprint density at radius 3 is 2.79 bits per heavy atom. The first-order valence-corrected chi connectivity index (χ1v) is 6.37. The molecule has 0 saturated heterocycles. The molecule has 0 bridgehead atoms. The van der Waals surface area contributed by atoms with Crippen molar-refractivity contribution in [3.05, 3.63) is 33.1 Å². The van der Waals surface area contributed by atoms with Crippen LogP contribution in [0.2, 0.25) is 0 Å². The summed E-state index contributed by atoms with van der Waals surface area (Å²) in [5, 5.41) is 2.71. The smallest absolute Gasteiger partial charge is 0.331 e. The van der Waals surface area contributed by atoms with Crippen LogP contribution in [0.3, 0.4) is 0 Å². The number of hydrogen-bond acceptors (Lipinski definition) is 4. The molecule has 0 fully saturated rings. The van der Waals surface area contributed by atoms with Crippen molar-refractivity contribution in [3.8, 4) is 0 Å². The molecule has 7 nitrogen and oxygen atoms in total. The van der Waals surface area contributed by atoms with Gasteiger partial charge in [-0.05, 0) is 6.42 Å². The van der Waals surface area contributed by atoms with Crippen molar-refractivity contribution in [2.24, 2.45) is 5.73 Å². The van der Waals surface area contributed by atoms with Crippen LogP contribution in [0.5, 0.6) is 0 Å². The van der Waals surface area contributed by atoms with Crippen LogP contribution in [-0.4, -0.2) is 28.1 Å². The Balaban J connectivity index is 2.79. The van der Waals surface area contributed by atoms with E-state index < -0.39 is 11.2 Å². The highest BCUT2D eigenvalue weighted by molar-refractivity contribution is 5.75. The van der Waals surface area contributed by atoms with Crippen LogP contribution in [-0.2, 0) is 17.9 Å². The van der Waals surface area contributed by atoms with E-state index in [0.29, 0.717) is 6.54 Å². The molecule has 1 rings (SSSR count). The largest absolute Gasteiger partial charge is 0.355 e. The molecular weight excluding hydrogens is 248 g/mol. The molecule has 1 aromatic rings. The number of carbonyl (C=O) groups is 1. The molecule has 0 aliphatic rings. The zero-order valence-corrected chi connectivity index (χ0v) is 11.1. The predicted octanol–water partition coefficient (Wildman–Crippen LogP) is -1.11. The van der Waals surface area contributed by atoms with Crippen molar-refractivity contribution in [1.29, 1.82) is 0 Å². The van der Waals surface area contributed by atoms with Crippen molar-refractivity contribution in [3.63, 3.8) is 0 Å². The number of unbranched alkanes of at least 4 members (excludes halogenated alkanes) is 1. The van der Waals surface area contributed by atoms with E-state index in [-0.39, 0.29) is 25.5 Å². The lowest BCUT2D eigenvalue weighted by molar-refractivity contribution is -0.121. The van der Waals surface area contributed by atoms with Gasteiger partial charge in [0.05, 0.1) is 0 Å². The highest BCUT2D eigenvalue weighted by atomic mass is 16.2. The molecule has 0 radical (unpaired) electrons. The number of nitrogens with two attached hydrogens (primary N) is 1. The van der Waals surface area contributed by atoms with Crippen molar-refractivity contribution in [2.75, 3.05) is 13.1 Å². The second-order valence-electron chi connectivity index (χ2n) is 4.21. The first kappa shape index (κ1) is 15.2. The van der Waals surface area contributed by atoms with E-state index in [2.05, 4.69) is 5.32 Å². The summed E-state index contributed by atoms with van der Waals surface area (Å²) in [5.41, 5.74) is 4.43. The zero-order valence-electron chi connectivity index (χ0n) is 11.1. The van der Waals surface area contributed by atoms with Gasteiger partial charge in [0.15, 0.2) is 0 Å². The summed E-state index contributed by atoms with van der Waals surface area (Å²) in [4.78, 5) is 35.0. The van der Waals surface area contributed by atoms with Gasteiger partial charge in [-0.25, -0.2) is 4.79 Å². The molecule has 1 heterocycles. The number of hydrogen-bond donors (Lipinski definition) is 2. The number of aromatic nitrogens is 2. The van der Waals surface area contributed by atoms with Gasteiger partial charge in [-0.1, -0.05) is 13.3 Å². The molecule has 7 heteroatoms. The third-order valence-electron chi connectivity index (χ3n) is 2.66. The van der Waals surface area contributed by atoms with Gasteiger partial charge < -0.3 is 11.1 Å². The van der Waals surface area contributed by atoms with Crippen LogP contribution in [0.1, 0.15) is 19.8 Å². The molecule has 1 aromatic heterocycles. The highest BCUT2D eigenvalue weighted by Gasteiger charge is 2.07. The first-order chi connectivity index (χ1) is 9.10. The van der Waals surface area contributed by atoms with Crippen molar-refractivity contribution in [1.82, 2.24) is 14.5 Å². The fraction of sp³-hybridized carbons (Fsp3) is 0.583. The van der Waals surface area contributed by atoms with Gasteiger partial charge >= 0.3 is 5.69 Å². The zero-order chi connectivity index (χ0) is 14.3. The van der Waals surface area contributed by atoms with E-state index in [1.54, 1.807) is 0 Å². The standard InChI is InChI=1S/C12H20N4O3/c1-2-3-6-14-10(17)9-15-7-4-11(18)16(8-5-13)12(15)19/h4,7H,2-3,5-6,8-9,13H2,1H3,(H,14,17). The number of nitrogens with one attached hydrogen (secondary N) is 1. The van der Waals surface area contributed by atoms with Gasteiger partial charge in [0.1, 0.15) is 6.54 Å². The molecule has 19 heavy (non-hydrogen) atoms. The summed E-state index contributed by atoms with van der Waals surface area (Å²) < 4.78 is 2.23. The fourth-order valence-electron chi connectivity index (χ4n) is 1.63. The Bertz CT molecular complexity index is 533. The average Bonchev–Trinajstić information content (AvgIpc) is 2.38. The minimum Gasteiger partial charge on any atom is -0.355 e. The number of rotatable bonds is 7. The third kappa shape index (κ3) is 4.36. The maximum absolute atomic E-state index is 11.9. The molecule has 0 aliphatic heterocycles. The molecular formula is C12H20N4O3. The first-order valence-electron chi connectivity index (χ1n) is 6.37. The quantitative estimate of drug-likeness (QED) is 0.612. The second kappa shape index (κ2) is 7.52. The van der Waals surface area contributed by atoms with E-state index in [1.165, 1.54) is 16.8 Å². The summed E-state index contributed by atoms with van der Waals surface area (Å²) in [6.07, 6.45) is 3.21. The van der Waals surface area contributed by atoms with Crippen molar-refractivity contribution < 1.29 is 4.79 Å². The Morgan fingerprint density at radius 1 is 1.42 bits per heavy atom. The minimum absolute atomic E-state index is 0.0899. The van der Waals surface area contributed by atoms with Crippen LogP contribution in [0.15, 0.2) is 21.9 Å². The topological polar surface area (TPSA) is 99.1 Å². The fourth-order valence-corrected chi connectivity index (χ4v) is 1.63. The van der Waals surface area contributed by atoms with Crippen molar-refractivity contribution >= 4 is 5.91 Å². The molecule has 3 N–H and O–H groups in total. The molecule has 0 aliphatic carbocycles. The molecule has 0 unspecified atom stereocenters. The highest BCUT2D eigenvalue weighted by Crippen LogP contribution is 1.84. The third-order valence-corrected chi connectivity index (χ3v) is 2.66. The van der Waals surface area contributed by atoms with Crippen LogP contribution in [0.25, 0.3) is 0 Å². The van der Waals surface area contributed by atoms with E-state index in [0.717, 1.165) is 17.4 Å². The van der Waals surface area contributed by atoms with Gasteiger partial charge in [-0.15, -0.1) is 0 Å². The summed E-state index contributed by atoms with van der Waals surface area (Å²) in [5.74, 6) is -0.242. The Kier molecular flexibility index (Phi) is 6.01. The Morgan fingerprint density at radius 2 is 2.16 bits per heavy atom. The lowest BCUT2D eigenvalue weighted by atomic mass is 10.3. The van der Waals surface area contributed by atoms with E-state index in [4.69, 9.17) is 5.73 Å². The maximum Gasteiger partial charge on any atom is 0.331 e. The summed E-state index contributed by atoms with van der Waals surface area (Å²) in [7, 11) is 0. The molecule has 0 spiro atoms. The average molecular weight is 268 g/mol. The maximum atomic E-state index is 11.9. The van der Waals surface area contributed by atoms with Gasteiger partial charge in [0, 0.05) is 31.9 Å². The Hall–Kier alpha value is -1.89. The predicted molar refractivity (Wildman–Crippen MR) is 71.9 cm³/mol. The Labute approximate surface area is 111 Å². The molecule has 1 amide bonds. The molecule has 0 saturated carbocycles. The molecule has 106 valence electrons. The monoisotopic (exact) mass is 268 g/mol. The lowest BCUT2D eigenvalue weighted by Crippen LogP contribution is -2.42. The van der Waals surface area contributed by atoms with Gasteiger partial charge in [-0.3, -0.25) is 18.7 Å². The van der Waals surface area contributed by atoms with Crippen LogP contribution in [0, 0.1) is 0 Å².